The first-order valence-electron chi connectivity index (χ1n) is 7.05. The number of amides is 1. The summed E-state index contributed by atoms with van der Waals surface area (Å²) >= 11 is 0. The molecule has 0 radical (unpaired) electrons. The summed E-state index contributed by atoms with van der Waals surface area (Å²) in [7, 11) is 1.62. The van der Waals surface area contributed by atoms with Crippen molar-refractivity contribution in [2.45, 2.75) is 26.8 Å². The Morgan fingerprint density at radius 2 is 2.19 bits per heavy atom. The van der Waals surface area contributed by atoms with Gasteiger partial charge in [0.1, 0.15) is 6.61 Å². The monoisotopic (exact) mass is 289 g/mol. The minimum atomic E-state index is -0.223. The quantitative estimate of drug-likeness (QED) is 0.841. The minimum absolute atomic E-state index is 0.00772. The van der Waals surface area contributed by atoms with E-state index < -0.39 is 0 Å². The van der Waals surface area contributed by atoms with Crippen LogP contribution < -0.4 is 0 Å². The average molecular weight is 289 g/mol. The topological polar surface area (TPSA) is 49.8 Å². The van der Waals surface area contributed by atoms with Gasteiger partial charge in [-0.2, -0.15) is 0 Å². The summed E-state index contributed by atoms with van der Waals surface area (Å²) in [6.45, 7) is 6.71. The maximum Gasteiger partial charge on any atom is 0.255 e. The van der Waals surface area contributed by atoms with E-state index in [1.165, 1.54) is 0 Å². The van der Waals surface area contributed by atoms with Crippen molar-refractivity contribution in [2.75, 3.05) is 26.9 Å². The molecule has 0 aromatic heterocycles. The van der Waals surface area contributed by atoms with Gasteiger partial charge >= 0.3 is 0 Å². The molecule has 1 aromatic carbocycles. The van der Waals surface area contributed by atoms with Gasteiger partial charge in [0.2, 0.25) is 0 Å². The predicted molar refractivity (Wildman–Crippen MR) is 83.2 cm³/mol. The summed E-state index contributed by atoms with van der Waals surface area (Å²) in [6, 6.07) is 5.56. The van der Waals surface area contributed by atoms with E-state index in [0.29, 0.717) is 24.3 Å². The highest BCUT2D eigenvalue weighted by atomic mass is 16.5. The summed E-state index contributed by atoms with van der Waals surface area (Å²) in [4.78, 5) is 14.5. The van der Waals surface area contributed by atoms with Gasteiger partial charge in [-0.15, -0.1) is 0 Å². The van der Waals surface area contributed by atoms with Crippen LogP contribution in [0.1, 0.15) is 35.3 Å². The lowest BCUT2D eigenvalue weighted by molar-refractivity contribution is 0.0579. The Hall–Kier alpha value is -1.83. The van der Waals surface area contributed by atoms with Crippen molar-refractivity contribution >= 4 is 5.91 Å². The molecule has 0 heterocycles. The number of carbonyl (C=O) groups is 1. The Labute approximate surface area is 126 Å². The number of aryl methyl sites for hydroxylation is 1. The molecule has 21 heavy (non-hydrogen) atoms. The lowest BCUT2D eigenvalue weighted by Crippen LogP contribution is -2.41. The van der Waals surface area contributed by atoms with Gasteiger partial charge in [0, 0.05) is 19.2 Å². The second-order valence-corrected chi connectivity index (χ2v) is 4.90. The molecular weight excluding hydrogens is 266 g/mol. The zero-order chi connectivity index (χ0) is 15.8. The highest BCUT2D eigenvalue weighted by Gasteiger charge is 2.22. The molecule has 0 aliphatic carbocycles. The van der Waals surface area contributed by atoms with Gasteiger partial charge in [-0.05, 0) is 32.9 Å². The highest BCUT2D eigenvalue weighted by molar-refractivity contribution is 5.97. The number of hydrogen-bond donors (Lipinski definition) is 1. The molecular formula is C17H23NO3. The van der Waals surface area contributed by atoms with Gasteiger partial charge in [0.05, 0.1) is 18.2 Å². The minimum Gasteiger partial charge on any atom is -0.384 e. The first-order chi connectivity index (χ1) is 10.0. The van der Waals surface area contributed by atoms with E-state index in [2.05, 4.69) is 11.8 Å². The van der Waals surface area contributed by atoms with E-state index in [4.69, 9.17) is 9.84 Å². The lowest BCUT2D eigenvalue weighted by Gasteiger charge is -2.28. The molecule has 1 amide bonds. The van der Waals surface area contributed by atoms with Gasteiger partial charge in [-0.25, -0.2) is 0 Å². The summed E-state index contributed by atoms with van der Waals surface area (Å²) < 4.78 is 5.14. The fraction of sp³-hybridized carbons (Fsp3) is 0.471. The Balaban J connectivity index is 3.17. The van der Waals surface area contributed by atoms with Crippen LogP contribution in [-0.2, 0) is 4.74 Å². The molecule has 4 nitrogen and oxygen atoms in total. The molecule has 0 fully saturated rings. The Bertz CT molecular complexity index is 543. The smallest absolute Gasteiger partial charge is 0.255 e. The van der Waals surface area contributed by atoms with Gasteiger partial charge in [0.15, 0.2) is 0 Å². The average Bonchev–Trinajstić information content (AvgIpc) is 2.46. The number of ether oxygens (including phenoxy) is 1. The molecule has 0 spiro atoms. The van der Waals surface area contributed by atoms with E-state index >= 15 is 0 Å². The van der Waals surface area contributed by atoms with Gasteiger partial charge in [-0.1, -0.05) is 23.5 Å². The van der Waals surface area contributed by atoms with E-state index in [1.54, 1.807) is 12.0 Å². The number of carbonyl (C=O) groups excluding carboxylic acids is 1. The molecule has 0 saturated carbocycles. The largest absolute Gasteiger partial charge is 0.384 e. The van der Waals surface area contributed by atoms with E-state index in [0.717, 1.165) is 5.56 Å². The first-order valence-corrected chi connectivity index (χ1v) is 7.05. The third-order valence-corrected chi connectivity index (χ3v) is 3.25. The fourth-order valence-electron chi connectivity index (χ4n) is 2.22. The summed E-state index contributed by atoms with van der Waals surface area (Å²) in [5, 5.41) is 8.84. The molecule has 1 aromatic rings. The van der Waals surface area contributed by atoms with Crippen LogP contribution in [0.4, 0.5) is 0 Å². The van der Waals surface area contributed by atoms with Crippen LogP contribution in [0.5, 0.6) is 0 Å². The fourth-order valence-corrected chi connectivity index (χ4v) is 2.22. The van der Waals surface area contributed by atoms with Crippen molar-refractivity contribution in [3.63, 3.8) is 0 Å². The molecule has 114 valence electrons. The number of rotatable bonds is 5. The van der Waals surface area contributed by atoms with Crippen molar-refractivity contribution < 1.29 is 14.6 Å². The van der Waals surface area contributed by atoms with Crippen LogP contribution in [0.25, 0.3) is 0 Å². The van der Waals surface area contributed by atoms with Crippen LogP contribution in [0.15, 0.2) is 18.2 Å². The Morgan fingerprint density at radius 1 is 1.48 bits per heavy atom. The molecule has 0 aliphatic heterocycles. The standard InChI is InChI=1S/C17H23NO3/c1-5-18(14(3)12-21-4)17(20)16-11-13(2)8-9-15(16)7-6-10-19/h8-9,11,14,19H,5,10,12H2,1-4H3. The number of methoxy groups -OCH3 is 1. The maximum absolute atomic E-state index is 12.8. The van der Waals surface area contributed by atoms with Crippen molar-refractivity contribution in [3.05, 3.63) is 34.9 Å². The number of hydrogen-bond acceptors (Lipinski definition) is 3. The second-order valence-electron chi connectivity index (χ2n) is 4.90. The number of benzene rings is 1. The Kier molecular flexibility index (Phi) is 6.93. The maximum atomic E-state index is 12.8. The number of aliphatic hydroxyl groups excluding tert-OH is 1. The molecule has 0 saturated heterocycles. The molecule has 1 atom stereocenters. The second kappa shape index (κ2) is 8.46. The Morgan fingerprint density at radius 3 is 2.76 bits per heavy atom. The molecule has 0 aliphatic rings. The molecule has 1 rings (SSSR count). The van der Waals surface area contributed by atoms with Crippen LogP contribution in [-0.4, -0.2) is 48.8 Å². The SMILES string of the molecule is CCN(C(=O)c1cc(C)ccc1C#CCO)C(C)COC. The van der Waals surface area contributed by atoms with E-state index in [1.807, 2.05) is 39.0 Å². The van der Waals surface area contributed by atoms with E-state index in [-0.39, 0.29) is 18.6 Å². The third-order valence-electron chi connectivity index (χ3n) is 3.25. The van der Waals surface area contributed by atoms with Crippen molar-refractivity contribution in [3.8, 4) is 11.8 Å². The number of nitrogens with zero attached hydrogens (tertiary/aromatic N) is 1. The van der Waals surface area contributed by atoms with Crippen LogP contribution in [0.2, 0.25) is 0 Å². The zero-order valence-corrected chi connectivity index (χ0v) is 13.1. The third kappa shape index (κ3) is 4.59. The first kappa shape index (κ1) is 17.2. The zero-order valence-electron chi connectivity index (χ0n) is 13.1. The van der Waals surface area contributed by atoms with Crippen molar-refractivity contribution in [1.29, 1.82) is 0 Å². The normalized spacial score (nSPS) is 11.5. The molecule has 1 N–H and O–H groups in total. The van der Waals surface area contributed by atoms with Gasteiger partial charge in [-0.3, -0.25) is 4.79 Å². The highest BCUT2D eigenvalue weighted by Crippen LogP contribution is 2.15. The molecule has 0 bridgehead atoms. The summed E-state index contributed by atoms with van der Waals surface area (Å²) in [6.07, 6.45) is 0. The van der Waals surface area contributed by atoms with Crippen molar-refractivity contribution in [1.82, 2.24) is 4.90 Å². The molecule has 4 heteroatoms. The van der Waals surface area contributed by atoms with Crippen LogP contribution in [0, 0.1) is 18.8 Å². The summed E-state index contributed by atoms with van der Waals surface area (Å²) in [5.74, 6) is 5.38. The molecule has 1 unspecified atom stereocenters. The van der Waals surface area contributed by atoms with Crippen molar-refractivity contribution in [2.24, 2.45) is 0 Å². The van der Waals surface area contributed by atoms with Crippen LogP contribution >= 0.6 is 0 Å². The predicted octanol–water partition coefficient (Wildman–Crippen LogP) is 1.84. The van der Waals surface area contributed by atoms with Crippen LogP contribution in [0.3, 0.4) is 0 Å². The number of aliphatic hydroxyl groups is 1. The lowest BCUT2D eigenvalue weighted by atomic mass is 10.0. The van der Waals surface area contributed by atoms with Gasteiger partial charge < -0.3 is 14.7 Å². The van der Waals surface area contributed by atoms with E-state index in [9.17, 15) is 4.79 Å². The summed E-state index contributed by atoms with van der Waals surface area (Å²) in [5.41, 5.74) is 2.21. The number of likely N-dealkylation sites (N-methyl/N-ethyl adjacent to an activating group) is 1. The van der Waals surface area contributed by atoms with Gasteiger partial charge in [0.25, 0.3) is 5.91 Å².